The molecule has 1 heterocycles. The van der Waals surface area contributed by atoms with Crippen LogP contribution in [0.1, 0.15) is 33.7 Å². The van der Waals surface area contributed by atoms with Crippen LogP contribution in [0.15, 0.2) is 103 Å². The SMILES string of the molecule is COc1ccc2c(c1OCc1ccccc1)C[C@H](OC(=O)O)N(C(=O)C(c1ccccc1)c1ccccc1)C2. The Morgan fingerprint density at radius 1 is 0.872 bits per heavy atom. The van der Waals surface area contributed by atoms with Crippen molar-refractivity contribution < 1.29 is 28.9 Å². The zero-order valence-corrected chi connectivity index (χ0v) is 21.5. The lowest BCUT2D eigenvalue weighted by atomic mass is 9.88. The molecule has 0 saturated carbocycles. The second-order valence-corrected chi connectivity index (χ2v) is 9.27. The third kappa shape index (κ3) is 5.72. The number of hydrogen-bond acceptors (Lipinski definition) is 5. The molecule has 0 bridgehead atoms. The van der Waals surface area contributed by atoms with Crippen molar-refractivity contribution in [2.45, 2.75) is 31.7 Å². The summed E-state index contributed by atoms with van der Waals surface area (Å²) in [6.45, 7) is 0.471. The lowest BCUT2D eigenvalue weighted by Gasteiger charge is -2.38. The van der Waals surface area contributed by atoms with Crippen LogP contribution in [0.4, 0.5) is 4.79 Å². The normalized spacial score (nSPS) is 14.4. The molecule has 0 spiro atoms. The number of methoxy groups -OCH3 is 1. The topological polar surface area (TPSA) is 85.3 Å². The minimum atomic E-state index is -1.45. The fourth-order valence-corrected chi connectivity index (χ4v) is 5.01. The molecule has 5 rings (SSSR count). The molecule has 4 aromatic carbocycles. The fourth-order valence-electron chi connectivity index (χ4n) is 5.01. The molecule has 39 heavy (non-hydrogen) atoms. The molecule has 0 aliphatic carbocycles. The summed E-state index contributed by atoms with van der Waals surface area (Å²) in [5.74, 6) is 0.186. The summed E-state index contributed by atoms with van der Waals surface area (Å²) in [4.78, 5) is 27.5. The van der Waals surface area contributed by atoms with Crippen LogP contribution < -0.4 is 9.47 Å². The van der Waals surface area contributed by atoms with Gasteiger partial charge in [-0.1, -0.05) is 97.1 Å². The van der Waals surface area contributed by atoms with Crippen molar-refractivity contribution in [3.8, 4) is 11.5 Å². The highest BCUT2D eigenvalue weighted by Gasteiger charge is 2.38. The van der Waals surface area contributed by atoms with Gasteiger partial charge in [0.25, 0.3) is 0 Å². The second kappa shape index (κ2) is 11.7. The summed E-state index contributed by atoms with van der Waals surface area (Å²) in [5, 5.41) is 9.59. The van der Waals surface area contributed by atoms with E-state index in [1.165, 1.54) is 4.90 Å². The Kier molecular flexibility index (Phi) is 7.78. The van der Waals surface area contributed by atoms with Gasteiger partial charge in [0.05, 0.1) is 13.0 Å². The molecule has 0 fully saturated rings. The van der Waals surface area contributed by atoms with E-state index in [2.05, 4.69) is 0 Å². The van der Waals surface area contributed by atoms with E-state index in [0.29, 0.717) is 18.1 Å². The average Bonchev–Trinajstić information content (AvgIpc) is 2.97. The summed E-state index contributed by atoms with van der Waals surface area (Å²) >= 11 is 0. The Morgan fingerprint density at radius 2 is 1.46 bits per heavy atom. The number of carboxylic acid groups (broad SMARTS) is 1. The first kappa shape index (κ1) is 25.9. The van der Waals surface area contributed by atoms with Gasteiger partial charge in [-0.3, -0.25) is 4.79 Å². The van der Waals surface area contributed by atoms with Gasteiger partial charge in [-0.15, -0.1) is 0 Å². The van der Waals surface area contributed by atoms with Gasteiger partial charge < -0.3 is 24.2 Å². The highest BCUT2D eigenvalue weighted by Crippen LogP contribution is 2.40. The number of hydrogen-bond donors (Lipinski definition) is 1. The number of ether oxygens (including phenoxy) is 3. The molecule has 1 N–H and O–H groups in total. The number of nitrogens with zero attached hydrogens (tertiary/aromatic N) is 1. The maximum Gasteiger partial charge on any atom is 0.507 e. The van der Waals surface area contributed by atoms with Crippen LogP contribution >= 0.6 is 0 Å². The van der Waals surface area contributed by atoms with E-state index >= 15 is 0 Å². The largest absolute Gasteiger partial charge is 0.507 e. The van der Waals surface area contributed by atoms with E-state index in [0.717, 1.165) is 27.8 Å². The van der Waals surface area contributed by atoms with Crippen molar-refractivity contribution in [2.24, 2.45) is 0 Å². The molecule has 0 saturated heterocycles. The van der Waals surface area contributed by atoms with Crippen LogP contribution in [0, 0.1) is 0 Å². The minimum absolute atomic E-state index is 0.130. The number of rotatable bonds is 8. The lowest BCUT2D eigenvalue weighted by Crippen LogP contribution is -2.48. The number of amides is 1. The summed E-state index contributed by atoms with van der Waals surface area (Å²) in [6.07, 6.45) is -2.36. The van der Waals surface area contributed by atoms with Crippen molar-refractivity contribution in [1.82, 2.24) is 4.90 Å². The molecular formula is C32H29NO6. The van der Waals surface area contributed by atoms with Crippen molar-refractivity contribution in [2.75, 3.05) is 7.11 Å². The predicted octanol–water partition coefficient (Wildman–Crippen LogP) is 6.01. The maximum absolute atomic E-state index is 14.2. The van der Waals surface area contributed by atoms with E-state index in [1.54, 1.807) is 7.11 Å². The monoisotopic (exact) mass is 523 g/mol. The first-order chi connectivity index (χ1) is 19.0. The molecule has 198 valence electrons. The van der Waals surface area contributed by atoms with E-state index in [1.807, 2.05) is 103 Å². The number of carbonyl (C=O) groups excluding carboxylic acids is 1. The van der Waals surface area contributed by atoms with Crippen molar-refractivity contribution in [3.63, 3.8) is 0 Å². The van der Waals surface area contributed by atoms with Gasteiger partial charge in [0, 0.05) is 18.5 Å². The molecule has 0 aromatic heterocycles. The van der Waals surface area contributed by atoms with Gasteiger partial charge in [0.1, 0.15) is 6.61 Å². The van der Waals surface area contributed by atoms with Gasteiger partial charge in [-0.2, -0.15) is 0 Å². The Morgan fingerprint density at radius 3 is 2.03 bits per heavy atom. The van der Waals surface area contributed by atoms with Crippen molar-refractivity contribution in [3.05, 3.63) is 131 Å². The van der Waals surface area contributed by atoms with Crippen LogP contribution in [0.3, 0.4) is 0 Å². The number of benzene rings is 4. The summed E-state index contributed by atoms with van der Waals surface area (Å²) < 4.78 is 17.1. The first-order valence-electron chi connectivity index (χ1n) is 12.7. The van der Waals surface area contributed by atoms with Gasteiger partial charge in [0.15, 0.2) is 17.7 Å². The Balaban J connectivity index is 1.52. The number of carbonyl (C=O) groups is 2. The molecule has 7 heteroatoms. The molecule has 1 atom stereocenters. The first-order valence-corrected chi connectivity index (χ1v) is 12.7. The van der Waals surface area contributed by atoms with Crippen molar-refractivity contribution >= 4 is 12.1 Å². The minimum Gasteiger partial charge on any atom is -0.493 e. The van der Waals surface area contributed by atoms with Crippen LogP contribution in [0.5, 0.6) is 11.5 Å². The van der Waals surface area contributed by atoms with Gasteiger partial charge in [-0.25, -0.2) is 4.79 Å². The Bertz CT molecular complexity index is 1390. The lowest BCUT2D eigenvalue weighted by molar-refractivity contribution is -0.145. The van der Waals surface area contributed by atoms with Crippen LogP contribution in [0.25, 0.3) is 0 Å². The summed E-state index contributed by atoms with van der Waals surface area (Å²) in [7, 11) is 1.56. The quantitative estimate of drug-likeness (QED) is 0.285. The second-order valence-electron chi connectivity index (χ2n) is 9.27. The zero-order chi connectivity index (χ0) is 27.2. The summed E-state index contributed by atoms with van der Waals surface area (Å²) in [6, 6.07) is 32.4. The average molecular weight is 524 g/mol. The molecule has 0 radical (unpaired) electrons. The molecule has 7 nitrogen and oxygen atoms in total. The molecule has 4 aromatic rings. The zero-order valence-electron chi connectivity index (χ0n) is 21.5. The van der Waals surface area contributed by atoms with E-state index in [9.17, 15) is 14.7 Å². The molecule has 1 amide bonds. The predicted molar refractivity (Wildman–Crippen MR) is 146 cm³/mol. The molecule has 1 aliphatic heterocycles. The molecular weight excluding hydrogens is 494 g/mol. The highest BCUT2D eigenvalue weighted by atomic mass is 16.7. The third-order valence-corrected chi connectivity index (χ3v) is 6.87. The third-order valence-electron chi connectivity index (χ3n) is 6.87. The fraction of sp³-hybridized carbons (Fsp3) is 0.188. The van der Waals surface area contributed by atoms with E-state index < -0.39 is 18.3 Å². The van der Waals surface area contributed by atoms with E-state index in [-0.39, 0.29) is 18.9 Å². The van der Waals surface area contributed by atoms with Crippen LogP contribution in [-0.4, -0.2) is 35.4 Å². The van der Waals surface area contributed by atoms with E-state index in [4.69, 9.17) is 14.2 Å². The maximum atomic E-state index is 14.2. The Labute approximate surface area is 227 Å². The van der Waals surface area contributed by atoms with Crippen molar-refractivity contribution in [1.29, 1.82) is 0 Å². The summed E-state index contributed by atoms with van der Waals surface area (Å²) in [5.41, 5.74) is 4.22. The highest BCUT2D eigenvalue weighted by molar-refractivity contribution is 5.88. The molecule has 0 unspecified atom stereocenters. The standard InChI is InChI=1S/C32H29NO6/c1-37-27-18-17-25-20-33(31(34)29(23-13-7-3-8-14-23)24-15-9-4-10-16-24)28(39-32(35)36)19-26(25)30(27)38-21-22-11-5-2-6-12-22/h2-18,28-29H,19-21H2,1H3,(H,35,36)/t28-/m0/s1. The van der Waals surface area contributed by atoms with Crippen LogP contribution in [0.2, 0.25) is 0 Å². The molecule has 1 aliphatic rings. The van der Waals surface area contributed by atoms with Gasteiger partial charge >= 0.3 is 6.16 Å². The van der Waals surface area contributed by atoms with Gasteiger partial charge in [-0.05, 0) is 28.3 Å². The van der Waals surface area contributed by atoms with Crippen LogP contribution in [-0.2, 0) is 29.1 Å². The Hall–Kier alpha value is -4.78. The number of fused-ring (bicyclic) bond motifs is 1. The smallest absolute Gasteiger partial charge is 0.493 e. The van der Waals surface area contributed by atoms with Gasteiger partial charge in [0.2, 0.25) is 5.91 Å².